The maximum atomic E-state index is 12.9. The van der Waals surface area contributed by atoms with Gasteiger partial charge in [-0.05, 0) is 43.3 Å². The molecule has 25 heavy (non-hydrogen) atoms. The SMILES string of the molecule is C[C@H](SCc1nc(-c2ccc(F)cc2)no1)C(=O)NCc1ccco1. The molecule has 0 aliphatic rings. The Bertz CT molecular complexity index is 818. The summed E-state index contributed by atoms with van der Waals surface area (Å²) in [6.45, 7) is 2.16. The molecule has 0 spiro atoms. The van der Waals surface area contributed by atoms with Crippen molar-refractivity contribution in [3.63, 3.8) is 0 Å². The molecule has 0 unspecified atom stereocenters. The Morgan fingerprint density at radius 2 is 2.12 bits per heavy atom. The Hall–Kier alpha value is -2.61. The van der Waals surface area contributed by atoms with E-state index in [9.17, 15) is 9.18 Å². The number of nitrogens with zero attached hydrogens (tertiary/aromatic N) is 2. The number of amides is 1. The molecule has 130 valence electrons. The lowest BCUT2D eigenvalue weighted by molar-refractivity contribution is -0.120. The monoisotopic (exact) mass is 361 g/mol. The Labute approximate surface area is 147 Å². The average molecular weight is 361 g/mol. The molecule has 1 atom stereocenters. The fourth-order valence-corrected chi connectivity index (χ4v) is 2.78. The zero-order valence-corrected chi connectivity index (χ0v) is 14.3. The van der Waals surface area contributed by atoms with E-state index >= 15 is 0 Å². The highest BCUT2D eigenvalue weighted by Gasteiger charge is 2.16. The first-order valence-corrected chi connectivity index (χ1v) is 8.67. The molecule has 0 bridgehead atoms. The van der Waals surface area contributed by atoms with Crippen LogP contribution in [0.4, 0.5) is 4.39 Å². The first kappa shape index (κ1) is 17.2. The van der Waals surface area contributed by atoms with Crippen molar-refractivity contribution < 1.29 is 18.1 Å². The third-order valence-electron chi connectivity index (χ3n) is 3.41. The molecular formula is C17H16FN3O3S. The van der Waals surface area contributed by atoms with Gasteiger partial charge in [0.25, 0.3) is 0 Å². The molecular weight excluding hydrogens is 345 g/mol. The topological polar surface area (TPSA) is 81.2 Å². The van der Waals surface area contributed by atoms with Crippen molar-refractivity contribution in [3.05, 3.63) is 60.1 Å². The van der Waals surface area contributed by atoms with Gasteiger partial charge in [-0.2, -0.15) is 4.98 Å². The molecule has 0 aliphatic heterocycles. The number of carbonyl (C=O) groups is 1. The molecule has 0 saturated carbocycles. The molecule has 0 fully saturated rings. The second-order valence-electron chi connectivity index (χ2n) is 5.27. The highest BCUT2D eigenvalue weighted by atomic mass is 32.2. The highest BCUT2D eigenvalue weighted by Crippen LogP contribution is 2.20. The third kappa shape index (κ3) is 4.69. The number of carbonyl (C=O) groups excluding carboxylic acids is 1. The van der Waals surface area contributed by atoms with Crippen LogP contribution in [-0.2, 0) is 17.1 Å². The third-order valence-corrected chi connectivity index (χ3v) is 4.54. The molecule has 0 aliphatic carbocycles. The molecule has 0 radical (unpaired) electrons. The van der Waals surface area contributed by atoms with Crippen molar-refractivity contribution in [2.75, 3.05) is 0 Å². The lowest BCUT2D eigenvalue weighted by Crippen LogP contribution is -2.30. The fourth-order valence-electron chi connectivity index (χ4n) is 2.03. The number of benzene rings is 1. The number of halogens is 1. The minimum Gasteiger partial charge on any atom is -0.467 e. The van der Waals surface area contributed by atoms with Crippen molar-refractivity contribution in [1.29, 1.82) is 0 Å². The smallest absolute Gasteiger partial charge is 0.236 e. The zero-order chi connectivity index (χ0) is 17.6. The van der Waals surface area contributed by atoms with Gasteiger partial charge in [-0.3, -0.25) is 4.79 Å². The van der Waals surface area contributed by atoms with Gasteiger partial charge in [-0.25, -0.2) is 4.39 Å². The first-order chi connectivity index (χ1) is 12.1. The van der Waals surface area contributed by atoms with E-state index < -0.39 is 0 Å². The molecule has 1 aromatic carbocycles. The molecule has 6 nitrogen and oxygen atoms in total. The van der Waals surface area contributed by atoms with Gasteiger partial charge in [-0.1, -0.05) is 5.16 Å². The summed E-state index contributed by atoms with van der Waals surface area (Å²) in [5, 5.41) is 6.39. The van der Waals surface area contributed by atoms with Gasteiger partial charge in [0.15, 0.2) is 0 Å². The van der Waals surface area contributed by atoms with Crippen LogP contribution in [-0.4, -0.2) is 21.3 Å². The highest BCUT2D eigenvalue weighted by molar-refractivity contribution is 7.99. The van der Waals surface area contributed by atoms with Crippen LogP contribution in [0, 0.1) is 5.82 Å². The summed E-state index contributed by atoms with van der Waals surface area (Å²) >= 11 is 1.39. The van der Waals surface area contributed by atoms with Gasteiger partial charge in [0, 0.05) is 5.56 Å². The van der Waals surface area contributed by atoms with E-state index in [-0.39, 0.29) is 17.0 Å². The molecule has 0 saturated heterocycles. The van der Waals surface area contributed by atoms with Crippen LogP contribution >= 0.6 is 11.8 Å². The minimum atomic E-state index is -0.322. The van der Waals surface area contributed by atoms with E-state index in [4.69, 9.17) is 8.94 Å². The summed E-state index contributed by atoms with van der Waals surface area (Å²) in [5.74, 6) is 1.49. The second kappa shape index (κ2) is 7.98. The standard InChI is InChI=1S/C17H16FN3O3S/c1-11(17(22)19-9-14-3-2-8-23-14)25-10-15-20-16(21-24-15)12-4-6-13(18)7-5-12/h2-8,11H,9-10H2,1H3,(H,19,22)/t11-/m0/s1. The molecule has 1 N–H and O–H groups in total. The van der Waals surface area contributed by atoms with Crippen LogP contribution in [0.25, 0.3) is 11.4 Å². The van der Waals surface area contributed by atoms with Gasteiger partial charge in [0.05, 0.1) is 23.8 Å². The lowest BCUT2D eigenvalue weighted by Gasteiger charge is -2.09. The molecule has 3 rings (SSSR count). The number of rotatable bonds is 7. The largest absolute Gasteiger partial charge is 0.467 e. The van der Waals surface area contributed by atoms with Crippen molar-refractivity contribution >= 4 is 17.7 Å². The zero-order valence-electron chi connectivity index (χ0n) is 13.4. The van der Waals surface area contributed by atoms with Crippen LogP contribution < -0.4 is 5.32 Å². The summed E-state index contributed by atoms with van der Waals surface area (Å²) in [4.78, 5) is 16.3. The predicted molar refractivity (Wildman–Crippen MR) is 91.0 cm³/mol. The number of thioether (sulfide) groups is 1. The Morgan fingerprint density at radius 1 is 1.32 bits per heavy atom. The normalized spacial score (nSPS) is 12.1. The number of nitrogens with one attached hydrogen (secondary N) is 1. The Kier molecular flexibility index (Phi) is 5.49. The van der Waals surface area contributed by atoms with Crippen molar-refractivity contribution in [1.82, 2.24) is 15.5 Å². The summed E-state index contributed by atoms with van der Waals surface area (Å²) in [5.41, 5.74) is 0.672. The summed E-state index contributed by atoms with van der Waals surface area (Å²) in [7, 11) is 0. The summed E-state index contributed by atoms with van der Waals surface area (Å²) in [6, 6.07) is 9.42. The Balaban J connectivity index is 1.49. The Morgan fingerprint density at radius 3 is 2.84 bits per heavy atom. The summed E-state index contributed by atoms with van der Waals surface area (Å²) in [6.07, 6.45) is 1.56. The lowest BCUT2D eigenvalue weighted by atomic mass is 10.2. The molecule has 1 amide bonds. The van der Waals surface area contributed by atoms with Crippen LogP contribution in [0.1, 0.15) is 18.6 Å². The van der Waals surface area contributed by atoms with E-state index in [0.29, 0.717) is 35.3 Å². The fraction of sp³-hybridized carbons (Fsp3) is 0.235. The van der Waals surface area contributed by atoms with Crippen LogP contribution in [0.5, 0.6) is 0 Å². The molecule has 3 aromatic rings. The van der Waals surface area contributed by atoms with E-state index in [0.717, 1.165) is 0 Å². The molecule has 2 aromatic heterocycles. The van der Waals surface area contributed by atoms with E-state index in [1.54, 1.807) is 37.5 Å². The van der Waals surface area contributed by atoms with Gasteiger partial charge >= 0.3 is 0 Å². The first-order valence-electron chi connectivity index (χ1n) is 7.62. The van der Waals surface area contributed by atoms with Crippen LogP contribution in [0.15, 0.2) is 51.6 Å². The molecule has 8 heteroatoms. The van der Waals surface area contributed by atoms with Gasteiger partial charge in [-0.15, -0.1) is 11.8 Å². The average Bonchev–Trinajstić information content (AvgIpc) is 3.30. The minimum absolute atomic E-state index is 0.0975. The van der Waals surface area contributed by atoms with E-state index in [1.807, 2.05) is 0 Å². The number of aromatic nitrogens is 2. The number of furan rings is 1. The van der Waals surface area contributed by atoms with E-state index in [1.165, 1.54) is 23.9 Å². The maximum absolute atomic E-state index is 12.9. The number of hydrogen-bond acceptors (Lipinski definition) is 6. The van der Waals surface area contributed by atoms with E-state index in [2.05, 4.69) is 15.5 Å². The van der Waals surface area contributed by atoms with Gasteiger partial charge in [0.2, 0.25) is 17.6 Å². The maximum Gasteiger partial charge on any atom is 0.236 e. The van der Waals surface area contributed by atoms with Gasteiger partial charge in [0.1, 0.15) is 11.6 Å². The number of hydrogen-bond donors (Lipinski definition) is 1. The molecule has 2 heterocycles. The van der Waals surface area contributed by atoms with Crippen molar-refractivity contribution in [2.45, 2.75) is 24.5 Å². The predicted octanol–water partition coefficient (Wildman–Crippen LogP) is 3.41. The van der Waals surface area contributed by atoms with Crippen molar-refractivity contribution in [2.24, 2.45) is 0 Å². The van der Waals surface area contributed by atoms with Crippen LogP contribution in [0.3, 0.4) is 0 Å². The van der Waals surface area contributed by atoms with Crippen molar-refractivity contribution in [3.8, 4) is 11.4 Å². The van der Waals surface area contributed by atoms with Crippen LogP contribution in [0.2, 0.25) is 0 Å². The van der Waals surface area contributed by atoms with Gasteiger partial charge < -0.3 is 14.3 Å². The summed E-state index contributed by atoms with van der Waals surface area (Å²) < 4.78 is 23.3. The quantitative estimate of drug-likeness (QED) is 0.695. The second-order valence-corrected chi connectivity index (χ2v) is 6.60.